The van der Waals surface area contributed by atoms with Gasteiger partial charge in [-0.3, -0.25) is 0 Å². The van der Waals surface area contributed by atoms with E-state index < -0.39 is 0 Å². The van der Waals surface area contributed by atoms with Gasteiger partial charge < -0.3 is 0 Å². The molecule has 0 N–H and O–H groups in total. The van der Waals surface area contributed by atoms with Gasteiger partial charge in [-0.15, -0.1) is 0 Å². The van der Waals surface area contributed by atoms with Gasteiger partial charge in [0.25, 0.3) is 0 Å². The molecule has 0 aliphatic carbocycles. The van der Waals surface area contributed by atoms with Crippen LogP contribution in [-0.2, 0) is 0 Å². The molecule has 1 heteroatoms. The van der Waals surface area contributed by atoms with E-state index in [-0.39, 0.29) is 0 Å². The third-order valence-corrected chi connectivity index (χ3v) is 6.23. The van der Waals surface area contributed by atoms with Crippen molar-refractivity contribution in [2.45, 2.75) is 114 Å². The Hall–Kier alpha value is 0.870. The average molecular weight is 370 g/mol. The zero-order valence-corrected chi connectivity index (χ0v) is 19.7. The summed E-state index contributed by atoms with van der Waals surface area (Å²) >= 11 is 0.957. The van der Waals surface area contributed by atoms with Crippen molar-refractivity contribution in [3.8, 4) is 0 Å². The molecule has 114 valence electrons. The summed E-state index contributed by atoms with van der Waals surface area (Å²) in [5.74, 6) is 0. The van der Waals surface area contributed by atoms with Gasteiger partial charge in [0, 0.05) is 0 Å². The second-order valence-corrected chi connectivity index (χ2v) is 9.16. The van der Waals surface area contributed by atoms with Gasteiger partial charge >= 0.3 is 99.2 Å². The Kier molecular flexibility index (Phi) is 19.7. The van der Waals surface area contributed by atoms with E-state index in [9.17, 15) is 0 Å². The molecular formula is C18H39In. The molecule has 19 heavy (non-hydrogen) atoms. The van der Waals surface area contributed by atoms with Crippen LogP contribution in [0.1, 0.15) is 110 Å². The van der Waals surface area contributed by atoms with Crippen molar-refractivity contribution >= 4 is 24.4 Å². The van der Waals surface area contributed by atoms with Crippen LogP contribution in [0.3, 0.4) is 0 Å². The molecule has 0 aromatic rings. The Labute approximate surface area is 138 Å². The van der Waals surface area contributed by atoms with Crippen LogP contribution in [0.15, 0.2) is 0 Å². The molecule has 0 aliphatic heterocycles. The molecule has 0 heterocycles. The van der Waals surface area contributed by atoms with Crippen molar-refractivity contribution < 1.29 is 0 Å². The Morgan fingerprint density at radius 2 is 0.684 bits per heavy atom. The summed E-state index contributed by atoms with van der Waals surface area (Å²) in [7, 11) is 0. The van der Waals surface area contributed by atoms with E-state index in [1.54, 1.807) is 4.18 Å². The van der Waals surface area contributed by atoms with Crippen LogP contribution in [0.25, 0.3) is 0 Å². The van der Waals surface area contributed by atoms with E-state index in [1.807, 2.05) is 0 Å². The van der Waals surface area contributed by atoms with Gasteiger partial charge in [-0.1, -0.05) is 39.0 Å². The van der Waals surface area contributed by atoms with Crippen molar-refractivity contribution in [2.24, 2.45) is 0 Å². The first-order chi connectivity index (χ1) is 9.41. The van der Waals surface area contributed by atoms with Crippen LogP contribution in [0.5, 0.6) is 0 Å². The minimum atomic E-state index is 0.957. The summed E-state index contributed by atoms with van der Waals surface area (Å²) in [5, 5.41) is 0. The van der Waals surface area contributed by atoms with E-state index in [2.05, 4.69) is 6.92 Å². The van der Waals surface area contributed by atoms with E-state index >= 15 is 0 Å². The fraction of sp³-hybridized carbons (Fsp3) is 1.00. The van der Waals surface area contributed by atoms with Crippen molar-refractivity contribution in [3.63, 3.8) is 0 Å². The molecule has 0 spiro atoms. The first-order valence-electron chi connectivity index (χ1n) is 9.41. The summed E-state index contributed by atoms with van der Waals surface area (Å²) in [6.07, 6.45) is 23.8. The summed E-state index contributed by atoms with van der Waals surface area (Å²) in [5.41, 5.74) is 0. The van der Waals surface area contributed by atoms with Gasteiger partial charge in [0.2, 0.25) is 0 Å². The van der Waals surface area contributed by atoms with Crippen LogP contribution in [0.4, 0.5) is 0 Å². The Bertz CT molecular complexity index is 129. The van der Waals surface area contributed by atoms with Crippen LogP contribution >= 0.6 is 0 Å². The van der Waals surface area contributed by atoms with Crippen LogP contribution in [0.2, 0.25) is 4.18 Å². The maximum absolute atomic E-state index is 2.30. The Morgan fingerprint density at radius 1 is 0.421 bits per heavy atom. The van der Waals surface area contributed by atoms with Gasteiger partial charge in [0.05, 0.1) is 0 Å². The maximum atomic E-state index is 2.30. The normalized spacial score (nSPS) is 11.0. The second-order valence-electron chi connectivity index (χ2n) is 6.30. The quantitative estimate of drug-likeness (QED) is 0.280. The number of rotatable bonds is 16. The summed E-state index contributed by atoms with van der Waals surface area (Å²) in [6, 6.07) is 0. The molecule has 0 aliphatic rings. The molecule has 0 amide bonds. The molecular weight excluding hydrogens is 331 g/mol. The summed E-state index contributed by atoms with van der Waals surface area (Å²) in [4.78, 5) is 0. The molecule has 0 aromatic heterocycles. The number of unbranched alkanes of at least 4 members (excludes halogenated alkanes) is 15. The standard InChI is InChI=1S/C18H37.In.2H/c1-3-5-7-9-11-13-15-17-18-16-14-12-10-8-6-4-2;;;/h1,3-18H2,2H3;;;. The molecule has 0 unspecified atom stereocenters. The molecule has 0 saturated heterocycles. The predicted octanol–water partition coefficient (Wildman–Crippen LogP) is 6.30. The van der Waals surface area contributed by atoms with E-state index in [0.717, 1.165) is 24.4 Å². The predicted molar refractivity (Wildman–Crippen MR) is 92.9 cm³/mol. The molecule has 0 fully saturated rings. The Morgan fingerprint density at radius 3 is 0.947 bits per heavy atom. The fourth-order valence-corrected chi connectivity index (χ4v) is 4.23. The first-order valence-corrected chi connectivity index (χ1v) is 13.5. The van der Waals surface area contributed by atoms with E-state index in [4.69, 9.17) is 0 Å². The molecule has 0 aromatic carbocycles. The number of hydrogen-bond donors (Lipinski definition) is 0. The van der Waals surface area contributed by atoms with E-state index in [0.29, 0.717) is 0 Å². The average Bonchev–Trinajstić information content (AvgIpc) is 2.43. The van der Waals surface area contributed by atoms with Crippen LogP contribution in [-0.4, -0.2) is 24.4 Å². The van der Waals surface area contributed by atoms with Crippen molar-refractivity contribution in [1.29, 1.82) is 0 Å². The van der Waals surface area contributed by atoms with Gasteiger partial charge in [0.15, 0.2) is 0 Å². The van der Waals surface area contributed by atoms with Gasteiger partial charge in [0.1, 0.15) is 0 Å². The van der Waals surface area contributed by atoms with Gasteiger partial charge in [-0.05, 0) is 0 Å². The third kappa shape index (κ3) is 18.9. The Balaban J connectivity index is 2.88. The van der Waals surface area contributed by atoms with Crippen molar-refractivity contribution in [1.82, 2.24) is 0 Å². The van der Waals surface area contributed by atoms with Crippen molar-refractivity contribution in [2.75, 3.05) is 0 Å². The minimum absolute atomic E-state index is 0.957. The first kappa shape index (κ1) is 19.9. The van der Waals surface area contributed by atoms with Crippen LogP contribution < -0.4 is 0 Å². The van der Waals surface area contributed by atoms with E-state index in [1.165, 1.54) is 103 Å². The second kappa shape index (κ2) is 18.9. The summed E-state index contributed by atoms with van der Waals surface area (Å²) < 4.78 is 1.58. The monoisotopic (exact) mass is 370 g/mol. The van der Waals surface area contributed by atoms with Gasteiger partial charge in [-0.25, -0.2) is 0 Å². The number of hydrogen-bond acceptors (Lipinski definition) is 0. The van der Waals surface area contributed by atoms with Gasteiger partial charge in [-0.2, -0.15) is 0 Å². The SMILES string of the molecule is CCCCCCCCCCCCCCCCC[CH2][InH2]. The zero-order valence-electron chi connectivity index (χ0n) is 14.0. The molecule has 0 radical (unpaired) electrons. The zero-order chi connectivity index (χ0) is 14.0. The van der Waals surface area contributed by atoms with Crippen molar-refractivity contribution in [3.05, 3.63) is 0 Å². The molecule has 0 saturated carbocycles. The fourth-order valence-electron chi connectivity index (χ4n) is 2.80. The molecule has 0 rings (SSSR count). The topological polar surface area (TPSA) is 0 Å². The summed E-state index contributed by atoms with van der Waals surface area (Å²) in [6.45, 7) is 2.30. The molecule has 0 nitrogen and oxygen atoms in total. The van der Waals surface area contributed by atoms with Crippen LogP contribution in [0, 0.1) is 0 Å². The third-order valence-electron chi connectivity index (χ3n) is 4.21. The molecule has 0 atom stereocenters. The molecule has 0 bridgehead atoms.